The van der Waals surface area contributed by atoms with Crippen LogP contribution in [0.2, 0.25) is 0 Å². The molecule has 0 radical (unpaired) electrons. The number of halogens is 1. The van der Waals surface area contributed by atoms with Crippen LogP contribution in [-0.4, -0.2) is 19.0 Å². The van der Waals surface area contributed by atoms with Gasteiger partial charge in [-0.1, -0.05) is 41.1 Å². The molecule has 5 heteroatoms. The molecule has 0 saturated carbocycles. The van der Waals surface area contributed by atoms with Gasteiger partial charge in [0.25, 0.3) is 5.91 Å². The van der Waals surface area contributed by atoms with Crippen LogP contribution >= 0.6 is 15.9 Å². The van der Waals surface area contributed by atoms with Gasteiger partial charge in [-0.3, -0.25) is 4.79 Å². The van der Waals surface area contributed by atoms with Crippen molar-refractivity contribution in [2.24, 2.45) is 0 Å². The summed E-state index contributed by atoms with van der Waals surface area (Å²) in [7, 11) is 0. The van der Waals surface area contributed by atoms with E-state index in [0.717, 1.165) is 17.3 Å². The second-order valence-corrected chi connectivity index (χ2v) is 5.08. The van der Waals surface area contributed by atoms with E-state index in [4.69, 9.17) is 5.26 Å². The maximum Gasteiger partial charge on any atom is 0.263 e. The number of amides is 1. The van der Waals surface area contributed by atoms with Gasteiger partial charge in [0.1, 0.15) is 11.6 Å². The molecule has 4 nitrogen and oxygen atoms in total. The number of hydrogen-bond acceptors (Lipinski definition) is 3. The van der Waals surface area contributed by atoms with Crippen molar-refractivity contribution in [3.63, 3.8) is 0 Å². The zero-order valence-corrected chi connectivity index (χ0v) is 13.0. The van der Waals surface area contributed by atoms with Crippen LogP contribution in [0.1, 0.15) is 18.9 Å². The molecule has 2 N–H and O–H groups in total. The summed E-state index contributed by atoms with van der Waals surface area (Å²) in [6.07, 6.45) is 3.13. The van der Waals surface area contributed by atoms with Crippen LogP contribution in [0.25, 0.3) is 0 Å². The van der Waals surface area contributed by atoms with E-state index < -0.39 is 0 Å². The highest BCUT2D eigenvalue weighted by atomic mass is 79.9. The Balaban J connectivity index is 2.45. The van der Waals surface area contributed by atoms with E-state index >= 15 is 0 Å². The molecule has 0 aliphatic rings. The number of carbonyl (C=O) groups is 1. The maximum absolute atomic E-state index is 11.6. The van der Waals surface area contributed by atoms with Crippen molar-refractivity contribution in [3.8, 4) is 6.07 Å². The summed E-state index contributed by atoms with van der Waals surface area (Å²) in [5, 5.41) is 14.6. The topological polar surface area (TPSA) is 64.9 Å². The second kappa shape index (κ2) is 9.16. The predicted octanol–water partition coefficient (Wildman–Crippen LogP) is 2.51. The molecule has 106 valence electrons. The van der Waals surface area contributed by atoms with Gasteiger partial charge in [0.2, 0.25) is 0 Å². The van der Waals surface area contributed by atoms with Crippen molar-refractivity contribution in [1.82, 2.24) is 10.6 Å². The van der Waals surface area contributed by atoms with Crippen molar-refractivity contribution in [1.29, 1.82) is 5.26 Å². The standard InChI is InChI=1S/C15H18BrN3O/c1-2-8-19-15(20)13(10-17)11-18-9-7-12-5-3-4-6-14(12)16/h3-6,11,18H,2,7-9H2,1H3,(H,19,20)/b13-11-. The summed E-state index contributed by atoms with van der Waals surface area (Å²) < 4.78 is 1.06. The van der Waals surface area contributed by atoms with Crippen molar-refractivity contribution in [2.75, 3.05) is 13.1 Å². The number of nitrogens with one attached hydrogen (secondary N) is 2. The van der Waals surface area contributed by atoms with Crippen LogP contribution in [0.4, 0.5) is 0 Å². The highest BCUT2D eigenvalue weighted by Crippen LogP contribution is 2.15. The third-order valence-electron chi connectivity index (χ3n) is 2.64. The summed E-state index contributed by atoms with van der Waals surface area (Å²) in [6.45, 7) is 3.20. The molecule has 0 aliphatic carbocycles. The number of carbonyl (C=O) groups excluding carboxylic acids is 1. The van der Waals surface area contributed by atoms with E-state index in [-0.39, 0.29) is 11.5 Å². The van der Waals surface area contributed by atoms with Gasteiger partial charge in [0.05, 0.1) is 0 Å². The molecule has 1 amide bonds. The van der Waals surface area contributed by atoms with Crippen LogP contribution in [0.5, 0.6) is 0 Å². The number of hydrogen-bond donors (Lipinski definition) is 2. The Hall–Kier alpha value is -1.80. The normalized spacial score (nSPS) is 10.8. The van der Waals surface area contributed by atoms with Crippen LogP contribution < -0.4 is 10.6 Å². The van der Waals surface area contributed by atoms with Crippen LogP contribution in [-0.2, 0) is 11.2 Å². The first kappa shape index (κ1) is 16.3. The van der Waals surface area contributed by atoms with Gasteiger partial charge < -0.3 is 10.6 Å². The largest absolute Gasteiger partial charge is 0.389 e. The van der Waals surface area contributed by atoms with E-state index in [1.165, 1.54) is 11.8 Å². The third-order valence-corrected chi connectivity index (χ3v) is 3.42. The van der Waals surface area contributed by atoms with Gasteiger partial charge >= 0.3 is 0 Å². The number of rotatable bonds is 7. The lowest BCUT2D eigenvalue weighted by atomic mass is 10.1. The van der Waals surface area contributed by atoms with Crippen LogP contribution in [0.15, 0.2) is 40.5 Å². The highest BCUT2D eigenvalue weighted by Gasteiger charge is 2.06. The van der Waals surface area contributed by atoms with Gasteiger partial charge in [-0.25, -0.2) is 0 Å². The van der Waals surface area contributed by atoms with Crippen molar-refractivity contribution < 1.29 is 4.79 Å². The molecule has 0 atom stereocenters. The van der Waals surface area contributed by atoms with E-state index in [9.17, 15) is 4.79 Å². The lowest BCUT2D eigenvalue weighted by Crippen LogP contribution is -2.26. The molecule has 20 heavy (non-hydrogen) atoms. The van der Waals surface area contributed by atoms with E-state index in [1.807, 2.05) is 37.3 Å². The first-order chi connectivity index (χ1) is 9.69. The second-order valence-electron chi connectivity index (χ2n) is 4.22. The van der Waals surface area contributed by atoms with Crippen molar-refractivity contribution in [3.05, 3.63) is 46.1 Å². The van der Waals surface area contributed by atoms with Crippen LogP contribution in [0, 0.1) is 11.3 Å². The zero-order valence-electron chi connectivity index (χ0n) is 11.4. The minimum absolute atomic E-state index is 0.102. The average Bonchev–Trinajstić information content (AvgIpc) is 2.46. The monoisotopic (exact) mass is 335 g/mol. The lowest BCUT2D eigenvalue weighted by Gasteiger charge is -2.05. The maximum atomic E-state index is 11.6. The van der Waals surface area contributed by atoms with Gasteiger partial charge in [0.15, 0.2) is 0 Å². The summed E-state index contributed by atoms with van der Waals surface area (Å²) >= 11 is 3.48. The Morgan fingerprint density at radius 1 is 1.40 bits per heavy atom. The Morgan fingerprint density at radius 2 is 2.15 bits per heavy atom. The Labute approximate surface area is 128 Å². The molecular formula is C15H18BrN3O. The fraction of sp³-hybridized carbons (Fsp3) is 0.333. The lowest BCUT2D eigenvalue weighted by molar-refractivity contribution is -0.117. The zero-order chi connectivity index (χ0) is 14.8. The molecule has 0 spiro atoms. The summed E-state index contributed by atoms with van der Waals surface area (Å²) in [4.78, 5) is 11.6. The molecule has 1 rings (SSSR count). The molecular weight excluding hydrogens is 318 g/mol. The third kappa shape index (κ3) is 5.45. The van der Waals surface area contributed by atoms with Crippen molar-refractivity contribution >= 4 is 21.8 Å². The predicted molar refractivity (Wildman–Crippen MR) is 82.8 cm³/mol. The van der Waals surface area contributed by atoms with Gasteiger partial charge in [0, 0.05) is 23.8 Å². The summed E-state index contributed by atoms with van der Waals surface area (Å²) in [5.41, 5.74) is 1.29. The van der Waals surface area contributed by atoms with Crippen LogP contribution in [0.3, 0.4) is 0 Å². The number of nitrogens with zero attached hydrogens (tertiary/aromatic N) is 1. The van der Waals surface area contributed by atoms with Crippen molar-refractivity contribution in [2.45, 2.75) is 19.8 Å². The molecule has 0 saturated heterocycles. The molecule has 0 bridgehead atoms. The molecule has 1 aromatic rings. The summed E-state index contributed by atoms with van der Waals surface area (Å²) in [6, 6.07) is 9.87. The van der Waals surface area contributed by atoms with E-state index in [2.05, 4.69) is 26.6 Å². The molecule has 0 unspecified atom stereocenters. The molecule has 0 heterocycles. The smallest absolute Gasteiger partial charge is 0.263 e. The first-order valence-corrected chi connectivity index (χ1v) is 7.33. The average molecular weight is 336 g/mol. The SMILES string of the molecule is CCCNC(=O)/C(C#N)=C\NCCc1ccccc1Br. The van der Waals surface area contributed by atoms with E-state index in [1.54, 1.807) is 0 Å². The highest BCUT2D eigenvalue weighted by molar-refractivity contribution is 9.10. The Bertz CT molecular complexity index is 520. The fourth-order valence-electron chi connectivity index (χ4n) is 1.56. The minimum atomic E-state index is -0.331. The number of nitriles is 1. The Kier molecular flexibility index (Phi) is 7.44. The molecule has 0 fully saturated rings. The van der Waals surface area contributed by atoms with Gasteiger partial charge in [-0.15, -0.1) is 0 Å². The Morgan fingerprint density at radius 3 is 2.80 bits per heavy atom. The minimum Gasteiger partial charge on any atom is -0.389 e. The van der Waals surface area contributed by atoms with E-state index in [0.29, 0.717) is 13.1 Å². The summed E-state index contributed by atoms with van der Waals surface area (Å²) in [5.74, 6) is -0.331. The first-order valence-electron chi connectivity index (χ1n) is 6.54. The number of benzene rings is 1. The van der Waals surface area contributed by atoms with Gasteiger partial charge in [-0.2, -0.15) is 5.26 Å². The van der Waals surface area contributed by atoms with Gasteiger partial charge in [-0.05, 0) is 24.5 Å². The molecule has 0 aliphatic heterocycles. The quantitative estimate of drug-likeness (QED) is 0.457. The molecule has 1 aromatic carbocycles. The fourth-order valence-corrected chi connectivity index (χ4v) is 2.05. The molecule has 0 aromatic heterocycles.